The Morgan fingerprint density at radius 2 is 2.44 bits per heavy atom. The number of nitrogens with one attached hydrogen (secondary N) is 1. The molecule has 1 heterocycles. The van der Waals surface area contributed by atoms with E-state index < -0.39 is 0 Å². The third-order valence-corrected chi connectivity index (χ3v) is 3.72. The van der Waals surface area contributed by atoms with Crippen molar-refractivity contribution in [3.63, 3.8) is 0 Å². The summed E-state index contributed by atoms with van der Waals surface area (Å²) < 4.78 is 6.47. The average molecular weight is 284 g/mol. The van der Waals surface area contributed by atoms with Crippen molar-refractivity contribution in [2.24, 2.45) is 0 Å². The fourth-order valence-electron chi connectivity index (χ4n) is 2.12. The van der Waals surface area contributed by atoms with Gasteiger partial charge in [-0.15, -0.1) is 0 Å². The summed E-state index contributed by atoms with van der Waals surface area (Å²) in [5.74, 6) is 0.986. The van der Waals surface area contributed by atoms with Crippen molar-refractivity contribution in [3.8, 4) is 0 Å². The topological polar surface area (TPSA) is 25.2 Å². The Morgan fingerprint density at radius 3 is 3.06 bits per heavy atom. The smallest absolute Gasteiger partial charge is 0.134 e. The molecule has 1 aromatic heterocycles. The van der Waals surface area contributed by atoms with Gasteiger partial charge in [0.15, 0.2) is 0 Å². The van der Waals surface area contributed by atoms with Crippen LogP contribution in [0.15, 0.2) is 32.9 Å². The summed E-state index contributed by atoms with van der Waals surface area (Å²) in [6.45, 7) is 3.16. The van der Waals surface area contributed by atoms with Gasteiger partial charge in [-0.2, -0.15) is 0 Å². The van der Waals surface area contributed by atoms with Gasteiger partial charge in [-0.05, 0) is 61.1 Å². The van der Waals surface area contributed by atoms with Crippen LogP contribution in [0.5, 0.6) is 0 Å². The molecule has 1 atom stereocenters. The van der Waals surface area contributed by atoms with E-state index in [1.807, 2.05) is 6.07 Å². The highest BCUT2D eigenvalue weighted by atomic mass is 79.9. The summed E-state index contributed by atoms with van der Waals surface area (Å²) in [6.07, 6.45) is 9.18. The van der Waals surface area contributed by atoms with E-state index in [1.54, 1.807) is 11.8 Å². The standard InChI is InChI=1S/C13H18BrNO/c1-10(13-12(14)7-9-16-13)15-8-6-11-4-2-3-5-11/h4,7,9-10,15H,2-3,5-6,8H2,1H3. The van der Waals surface area contributed by atoms with Gasteiger partial charge < -0.3 is 9.73 Å². The monoisotopic (exact) mass is 283 g/mol. The molecule has 0 fully saturated rings. The molecule has 0 spiro atoms. The number of allylic oxidation sites excluding steroid dienone is 1. The van der Waals surface area contributed by atoms with E-state index in [1.165, 1.54) is 25.7 Å². The molecule has 0 aromatic carbocycles. The van der Waals surface area contributed by atoms with Gasteiger partial charge in [-0.3, -0.25) is 0 Å². The Labute approximate surface area is 105 Å². The predicted octanol–water partition coefficient (Wildman–Crippen LogP) is 4.19. The zero-order valence-electron chi connectivity index (χ0n) is 9.63. The number of rotatable bonds is 5. The van der Waals surface area contributed by atoms with E-state index in [0.29, 0.717) is 0 Å². The molecular formula is C13H18BrNO. The lowest BCUT2D eigenvalue weighted by Crippen LogP contribution is -2.19. The summed E-state index contributed by atoms with van der Waals surface area (Å²) in [4.78, 5) is 0. The Bertz CT molecular complexity index is 370. The van der Waals surface area contributed by atoms with Gasteiger partial charge in [0.25, 0.3) is 0 Å². The molecule has 1 N–H and O–H groups in total. The Kier molecular flexibility index (Phi) is 4.24. The van der Waals surface area contributed by atoms with Crippen LogP contribution in [0.4, 0.5) is 0 Å². The lowest BCUT2D eigenvalue weighted by atomic mass is 10.1. The molecular weight excluding hydrogens is 266 g/mol. The fourth-order valence-corrected chi connectivity index (χ4v) is 2.67. The third kappa shape index (κ3) is 2.98. The highest BCUT2D eigenvalue weighted by molar-refractivity contribution is 9.10. The van der Waals surface area contributed by atoms with Crippen LogP contribution in [-0.4, -0.2) is 6.54 Å². The maximum Gasteiger partial charge on any atom is 0.134 e. The molecule has 0 aliphatic heterocycles. The van der Waals surface area contributed by atoms with Crippen LogP contribution in [0.25, 0.3) is 0 Å². The highest BCUT2D eigenvalue weighted by Gasteiger charge is 2.12. The summed E-state index contributed by atoms with van der Waals surface area (Å²) in [5, 5.41) is 3.49. The highest BCUT2D eigenvalue weighted by Crippen LogP contribution is 2.25. The molecule has 2 rings (SSSR count). The molecule has 1 aliphatic rings. The van der Waals surface area contributed by atoms with Crippen molar-refractivity contribution in [3.05, 3.63) is 34.2 Å². The van der Waals surface area contributed by atoms with Gasteiger partial charge in [0.05, 0.1) is 16.8 Å². The lowest BCUT2D eigenvalue weighted by molar-refractivity contribution is 0.430. The molecule has 1 aliphatic carbocycles. The SMILES string of the molecule is CC(NCCC1=CCCC1)c1occc1Br. The molecule has 0 saturated heterocycles. The molecule has 0 saturated carbocycles. The molecule has 2 nitrogen and oxygen atoms in total. The summed E-state index contributed by atoms with van der Waals surface area (Å²) in [5.41, 5.74) is 1.61. The van der Waals surface area contributed by atoms with Crippen molar-refractivity contribution >= 4 is 15.9 Å². The minimum atomic E-state index is 0.270. The van der Waals surface area contributed by atoms with Crippen LogP contribution in [0.2, 0.25) is 0 Å². The Balaban J connectivity index is 1.75. The van der Waals surface area contributed by atoms with Crippen molar-refractivity contribution in [1.29, 1.82) is 0 Å². The van der Waals surface area contributed by atoms with E-state index in [4.69, 9.17) is 4.42 Å². The number of furan rings is 1. The second-order valence-electron chi connectivity index (χ2n) is 4.31. The van der Waals surface area contributed by atoms with Gasteiger partial charge in [0, 0.05) is 0 Å². The number of halogens is 1. The van der Waals surface area contributed by atoms with E-state index in [-0.39, 0.29) is 6.04 Å². The maximum absolute atomic E-state index is 5.42. The van der Waals surface area contributed by atoms with Crippen molar-refractivity contribution in [1.82, 2.24) is 5.32 Å². The van der Waals surface area contributed by atoms with E-state index in [2.05, 4.69) is 34.2 Å². The molecule has 1 aromatic rings. The first-order valence-electron chi connectivity index (χ1n) is 5.91. The number of hydrogen-bond donors (Lipinski definition) is 1. The van der Waals surface area contributed by atoms with Crippen LogP contribution in [-0.2, 0) is 0 Å². The molecule has 16 heavy (non-hydrogen) atoms. The van der Waals surface area contributed by atoms with E-state index in [9.17, 15) is 0 Å². The molecule has 88 valence electrons. The first-order chi connectivity index (χ1) is 7.77. The number of hydrogen-bond acceptors (Lipinski definition) is 2. The Morgan fingerprint density at radius 1 is 1.56 bits per heavy atom. The van der Waals surface area contributed by atoms with Crippen molar-refractivity contribution in [2.75, 3.05) is 6.54 Å². The zero-order chi connectivity index (χ0) is 11.4. The summed E-state index contributed by atoms with van der Waals surface area (Å²) >= 11 is 3.48. The molecule has 3 heteroatoms. The van der Waals surface area contributed by atoms with Crippen LogP contribution >= 0.6 is 15.9 Å². The van der Waals surface area contributed by atoms with Crippen LogP contribution < -0.4 is 5.32 Å². The first kappa shape index (κ1) is 11.9. The third-order valence-electron chi connectivity index (χ3n) is 3.07. The van der Waals surface area contributed by atoms with Crippen molar-refractivity contribution < 1.29 is 4.42 Å². The molecule has 0 bridgehead atoms. The second kappa shape index (κ2) is 5.69. The van der Waals surface area contributed by atoms with Gasteiger partial charge in [0.2, 0.25) is 0 Å². The van der Waals surface area contributed by atoms with E-state index >= 15 is 0 Å². The fraction of sp³-hybridized carbons (Fsp3) is 0.538. The van der Waals surface area contributed by atoms with Crippen LogP contribution in [0, 0.1) is 0 Å². The lowest BCUT2D eigenvalue weighted by Gasteiger charge is -2.12. The molecule has 0 radical (unpaired) electrons. The van der Waals surface area contributed by atoms with Gasteiger partial charge >= 0.3 is 0 Å². The second-order valence-corrected chi connectivity index (χ2v) is 5.17. The average Bonchev–Trinajstić information content (AvgIpc) is 2.88. The molecule has 0 amide bonds. The Hall–Kier alpha value is -0.540. The van der Waals surface area contributed by atoms with Crippen LogP contribution in [0.1, 0.15) is 44.4 Å². The normalized spacial score (nSPS) is 17.5. The zero-order valence-corrected chi connectivity index (χ0v) is 11.2. The van der Waals surface area contributed by atoms with E-state index in [0.717, 1.165) is 16.8 Å². The minimum Gasteiger partial charge on any atom is -0.466 e. The van der Waals surface area contributed by atoms with Gasteiger partial charge in [0.1, 0.15) is 5.76 Å². The molecule has 1 unspecified atom stereocenters. The maximum atomic E-state index is 5.42. The quantitative estimate of drug-likeness (QED) is 0.820. The first-order valence-corrected chi connectivity index (χ1v) is 6.71. The summed E-state index contributed by atoms with van der Waals surface area (Å²) in [7, 11) is 0. The largest absolute Gasteiger partial charge is 0.466 e. The predicted molar refractivity (Wildman–Crippen MR) is 69.4 cm³/mol. The van der Waals surface area contributed by atoms with Crippen molar-refractivity contribution in [2.45, 2.75) is 38.6 Å². The van der Waals surface area contributed by atoms with Crippen LogP contribution in [0.3, 0.4) is 0 Å². The minimum absolute atomic E-state index is 0.270. The van der Waals surface area contributed by atoms with Gasteiger partial charge in [-0.25, -0.2) is 0 Å². The van der Waals surface area contributed by atoms with Gasteiger partial charge in [-0.1, -0.05) is 11.6 Å². The summed E-state index contributed by atoms with van der Waals surface area (Å²) in [6, 6.07) is 2.21.